The normalized spacial score (nSPS) is 14.0. The van der Waals surface area contributed by atoms with Gasteiger partial charge in [0.2, 0.25) is 5.82 Å². The fourth-order valence-electron chi connectivity index (χ4n) is 5.24. The molecule has 39 heavy (non-hydrogen) atoms. The van der Waals surface area contributed by atoms with E-state index >= 15 is 0 Å². The van der Waals surface area contributed by atoms with Crippen molar-refractivity contribution in [2.45, 2.75) is 6.04 Å². The second-order valence-electron chi connectivity index (χ2n) is 9.47. The van der Waals surface area contributed by atoms with Crippen molar-refractivity contribution in [1.29, 1.82) is 0 Å². The molecule has 0 saturated carbocycles. The van der Waals surface area contributed by atoms with Gasteiger partial charge in [0.25, 0.3) is 0 Å². The summed E-state index contributed by atoms with van der Waals surface area (Å²) >= 11 is 0. The predicted octanol–water partition coefficient (Wildman–Crippen LogP) is 6.24. The first-order valence-corrected chi connectivity index (χ1v) is 12.9. The summed E-state index contributed by atoms with van der Waals surface area (Å²) in [5.74, 6) is 0.704. The number of piperazine rings is 1. The maximum atomic E-state index is 12.2. The molecule has 0 unspecified atom stereocenters. The van der Waals surface area contributed by atoms with E-state index in [1.807, 2.05) is 53.4 Å². The van der Waals surface area contributed by atoms with Crippen LogP contribution in [0.1, 0.15) is 17.2 Å². The molecular formula is C31H27N5O3. The van der Waals surface area contributed by atoms with Crippen LogP contribution in [0.15, 0.2) is 109 Å². The van der Waals surface area contributed by atoms with Crippen molar-refractivity contribution < 1.29 is 9.66 Å². The van der Waals surface area contributed by atoms with Crippen molar-refractivity contribution in [3.63, 3.8) is 0 Å². The van der Waals surface area contributed by atoms with Crippen LogP contribution in [0, 0.1) is 10.1 Å². The summed E-state index contributed by atoms with van der Waals surface area (Å²) in [6, 6.07) is 34.4. The minimum absolute atomic E-state index is 0.0610. The van der Waals surface area contributed by atoms with Gasteiger partial charge in [0.1, 0.15) is 12.1 Å². The van der Waals surface area contributed by atoms with Crippen LogP contribution >= 0.6 is 0 Å². The zero-order chi connectivity index (χ0) is 26.6. The lowest BCUT2D eigenvalue weighted by Gasteiger charge is -2.40. The van der Waals surface area contributed by atoms with Crippen LogP contribution in [-0.2, 0) is 0 Å². The Hall–Kier alpha value is -4.82. The summed E-state index contributed by atoms with van der Waals surface area (Å²) in [7, 11) is 0. The van der Waals surface area contributed by atoms with E-state index in [0.29, 0.717) is 18.8 Å². The van der Waals surface area contributed by atoms with Crippen LogP contribution in [0.4, 0.5) is 11.5 Å². The number of ether oxygens (including phenoxy) is 1. The summed E-state index contributed by atoms with van der Waals surface area (Å²) in [4.78, 5) is 24.6. The van der Waals surface area contributed by atoms with Gasteiger partial charge in [-0.25, -0.2) is 4.98 Å². The summed E-state index contributed by atoms with van der Waals surface area (Å²) in [5.41, 5.74) is 2.22. The monoisotopic (exact) mass is 517 g/mol. The summed E-state index contributed by atoms with van der Waals surface area (Å²) in [5, 5.41) is 14.3. The lowest BCUT2D eigenvalue weighted by molar-refractivity contribution is -0.385. The van der Waals surface area contributed by atoms with Crippen LogP contribution in [0.3, 0.4) is 0 Å². The third-order valence-electron chi connectivity index (χ3n) is 7.10. The Kier molecular flexibility index (Phi) is 6.84. The Morgan fingerprint density at radius 3 is 2.00 bits per heavy atom. The minimum Gasteiger partial charge on any atom is -0.434 e. The van der Waals surface area contributed by atoms with Crippen molar-refractivity contribution in [2.75, 3.05) is 31.1 Å². The van der Waals surface area contributed by atoms with E-state index in [4.69, 9.17) is 4.74 Å². The van der Waals surface area contributed by atoms with E-state index in [9.17, 15) is 10.1 Å². The van der Waals surface area contributed by atoms with Gasteiger partial charge in [0.05, 0.1) is 11.0 Å². The Morgan fingerprint density at radius 1 is 0.744 bits per heavy atom. The van der Waals surface area contributed by atoms with E-state index in [2.05, 4.69) is 63.4 Å². The van der Waals surface area contributed by atoms with E-state index in [1.165, 1.54) is 17.5 Å². The molecule has 8 nitrogen and oxygen atoms in total. The first kappa shape index (κ1) is 24.5. The quantitative estimate of drug-likeness (QED) is 0.187. The molecule has 0 atom stereocenters. The van der Waals surface area contributed by atoms with Gasteiger partial charge in [-0.15, -0.1) is 0 Å². The number of aromatic nitrogens is 2. The molecule has 194 valence electrons. The van der Waals surface area contributed by atoms with E-state index in [0.717, 1.165) is 23.9 Å². The number of fused-ring (bicyclic) bond motifs is 1. The fraction of sp³-hybridized carbons (Fsp3) is 0.161. The van der Waals surface area contributed by atoms with Crippen molar-refractivity contribution in [1.82, 2.24) is 14.9 Å². The maximum Gasteiger partial charge on any atom is 0.373 e. The van der Waals surface area contributed by atoms with Crippen molar-refractivity contribution in [3.8, 4) is 11.6 Å². The minimum atomic E-state index is -0.450. The molecule has 2 heterocycles. The first-order chi connectivity index (χ1) is 19.2. The topological polar surface area (TPSA) is 84.6 Å². The van der Waals surface area contributed by atoms with Gasteiger partial charge in [-0.05, 0) is 34.0 Å². The zero-order valence-corrected chi connectivity index (χ0v) is 21.3. The van der Waals surface area contributed by atoms with Gasteiger partial charge in [-0.2, -0.15) is 4.98 Å². The molecule has 1 aromatic heterocycles. The van der Waals surface area contributed by atoms with Crippen LogP contribution < -0.4 is 9.64 Å². The summed E-state index contributed by atoms with van der Waals surface area (Å²) < 4.78 is 5.96. The molecule has 1 fully saturated rings. The second-order valence-corrected chi connectivity index (χ2v) is 9.47. The summed E-state index contributed by atoms with van der Waals surface area (Å²) in [6.07, 6.45) is 1.34. The van der Waals surface area contributed by atoms with Gasteiger partial charge < -0.3 is 9.64 Å². The van der Waals surface area contributed by atoms with Crippen LogP contribution in [-0.4, -0.2) is 46.0 Å². The highest BCUT2D eigenvalue weighted by Crippen LogP contribution is 2.38. The van der Waals surface area contributed by atoms with E-state index in [1.54, 1.807) is 6.07 Å². The lowest BCUT2D eigenvalue weighted by Crippen LogP contribution is -2.48. The third kappa shape index (κ3) is 5.15. The maximum absolute atomic E-state index is 12.2. The SMILES string of the molecule is O=[N+]([O-])c1c(Oc2ccc3ccccc3c2)ncnc1N1CCN(C(c2ccccc2)c2ccccc2)CC1. The number of anilines is 1. The van der Waals surface area contributed by atoms with Gasteiger partial charge in [-0.3, -0.25) is 15.0 Å². The zero-order valence-electron chi connectivity index (χ0n) is 21.3. The first-order valence-electron chi connectivity index (χ1n) is 12.9. The molecule has 0 aliphatic carbocycles. The largest absolute Gasteiger partial charge is 0.434 e. The van der Waals surface area contributed by atoms with E-state index in [-0.39, 0.29) is 23.4 Å². The predicted molar refractivity (Wildman–Crippen MR) is 151 cm³/mol. The smallest absolute Gasteiger partial charge is 0.373 e. The Labute approximate surface area is 226 Å². The number of nitro groups is 1. The van der Waals surface area contributed by atoms with E-state index < -0.39 is 4.92 Å². The summed E-state index contributed by atoms with van der Waals surface area (Å²) in [6.45, 7) is 2.61. The Bertz CT molecular complexity index is 1550. The number of nitrogens with zero attached hydrogens (tertiary/aromatic N) is 5. The average Bonchev–Trinajstić information content (AvgIpc) is 2.98. The molecule has 6 rings (SSSR count). The highest BCUT2D eigenvalue weighted by atomic mass is 16.6. The fourth-order valence-corrected chi connectivity index (χ4v) is 5.24. The molecule has 1 aliphatic rings. The van der Waals surface area contributed by atoms with Crippen LogP contribution in [0.5, 0.6) is 11.6 Å². The highest BCUT2D eigenvalue weighted by molar-refractivity contribution is 5.83. The Morgan fingerprint density at radius 2 is 1.36 bits per heavy atom. The molecule has 5 aromatic rings. The third-order valence-corrected chi connectivity index (χ3v) is 7.10. The molecule has 0 radical (unpaired) electrons. The van der Waals surface area contributed by atoms with Crippen LogP contribution in [0.25, 0.3) is 10.8 Å². The lowest BCUT2D eigenvalue weighted by atomic mass is 9.96. The highest BCUT2D eigenvalue weighted by Gasteiger charge is 2.33. The Balaban J connectivity index is 1.25. The number of rotatable bonds is 7. The standard InChI is InChI=1S/C31H27N5O3/c37-36(38)29-30(32-22-33-31(29)39-27-16-15-23-9-7-8-14-26(23)21-27)35-19-17-34(18-20-35)28(24-10-3-1-4-11-24)25-12-5-2-6-13-25/h1-16,21-22,28H,17-20H2. The molecule has 1 saturated heterocycles. The van der Waals surface area contributed by atoms with Crippen molar-refractivity contribution >= 4 is 22.3 Å². The van der Waals surface area contributed by atoms with Crippen molar-refractivity contribution in [2.24, 2.45) is 0 Å². The van der Waals surface area contributed by atoms with Gasteiger partial charge >= 0.3 is 11.6 Å². The number of hydrogen-bond donors (Lipinski definition) is 0. The van der Waals surface area contributed by atoms with Crippen molar-refractivity contribution in [3.05, 3.63) is 131 Å². The molecule has 0 bridgehead atoms. The second kappa shape index (κ2) is 10.9. The molecular weight excluding hydrogens is 490 g/mol. The van der Waals surface area contributed by atoms with Gasteiger partial charge in [0.15, 0.2) is 0 Å². The molecule has 8 heteroatoms. The molecule has 0 amide bonds. The average molecular weight is 518 g/mol. The number of benzene rings is 4. The van der Waals surface area contributed by atoms with Crippen LogP contribution in [0.2, 0.25) is 0 Å². The van der Waals surface area contributed by atoms with Gasteiger partial charge in [-0.1, -0.05) is 91.0 Å². The van der Waals surface area contributed by atoms with Gasteiger partial charge in [0, 0.05) is 26.2 Å². The number of hydrogen-bond acceptors (Lipinski definition) is 7. The molecule has 0 spiro atoms. The molecule has 0 N–H and O–H groups in total. The molecule has 1 aliphatic heterocycles. The molecule has 4 aromatic carbocycles.